The fourth-order valence-electron chi connectivity index (χ4n) is 1.56. The van der Waals surface area contributed by atoms with Crippen molar-refractivity contribution < 1.29 is 9.90 Å². The number of nitrogens with zero attached hydrogens (tertiary/aromatic N) is 5. The average Bonchev–Trinajstić information content (AvgIpc) is 3.05. The van der Waals surface area contributed by atoms with Crippen molar-refractivity contribution in [3.05, 3.63) is 16.8 Å². The van der Waals surface area contributed by atoms with Gasteiger partial charge in [0.05, 0.1) is 6.10 Å². The molecule has 2 heterocycles. The van der Waals surface area contributed by atoms with E-state index in [0.717, 1.165) is 5.56 Å². The van der Waals surface area contributed by atoms with E-state index < -0.39 is 6.10 Å². The minimum atomic E-state index is -0.417. The summed E-state index contributed by atoms with van der Waals surface area (Å²) < 4.78 is 0. The lowest BCUT2D eigenvalue weighted by atomic mass is 10.3. The number of hydrogen-bond donors (Lipinski definition) is 1. The van der Waals surface area contributed by atoms with Crippen molar-refractivity contribution in [2.75, 3.05) is 13.6 Å². The number of carbonyl (C=O) groups excluding carboxylic acids is 1. The fraction of sp³-hybridized carbons (Fsp3) is 0.500. The SMILES string of the molecule is CC(O)CCN(C)C(=O)Cn1nnc(-c2ccsc2)n1. The van der Waals surface area contributed by atoms with Gasteiger partial charge in [0, 0.05) is 24.5 Å². The topological polar surface area (TPSA) is 84.1 Å². The van der Waals surface area contributed by atoms with Crippen molar-refractivity contribution in [1.82, 2.24) is 25.1 Å². The molecule has 0 aliphatic rings. The highest BCUT2D eigenvalue weighted by Crippen LogP contribution is 2.16. The maximum atomic E-state index is 11.9. The normalized spacial score (nSPS) is 12.3. The highest BCUT2D eigenvalue weighted by Gasteiger charge is 2.13. The minimum absolute atomic E-state index is 0.0491. The largest absolute Gasteiger partial charge is 0.393 e. The molecule has 1 atom stereocenters. The summed E-state index contributed by atoms with van der Waals surface area (Å²) >= 11 is 1.56. The molecule has 1 N–H and O–H groups in total. The maximum Gasteiger partial charge on any atom is 0.245 e. The van der Waals surface area contributed by atoms with Gasteiger partial charge < -0.3 is 10.0 Å². The van der Waals surface area contributed by atoms with Crippen LogP contribution in [0.5, 0.6) is 0 Å². The number of aliphatic hydroxyl groups is 1. The van der Waals surface area contributed by atoms with Gasteiger partial charge in [0.25, 0.3) is 0 Å². The van der Waals surface area contributed by atoms with E-state index in [1.54, 1.807) is 30.2 Å². The number of likely N-dealkylation sites (N-methyl/N-ethyl adjacent to an activating group) is 1. The lowest BCUT2D eigenvalue weighted by molar-refractivity contribution is -0.131. The molecule has 0 aromatic carbocycles. The number of amides is 1. The van der Waals surface area contributed by atoms with Crippen LogP contribution in [-0.2, 0) is 11.3 Å². The second-order valence-corrected chi connectivity index (χ2v) is 5.39. The zero-order chi connectivity index (χ0) is 14.5. The van der Waals surface area contributed by atoms with Gasteiger partial charge >= 0.3 is 0 Å². The van der Waals surface area contributed by atoms with Crippen LogP contribution in [0.1, 0.15) is 13.3 Å². The van der Waals surface area contributed by atoms with Crippen molar-refractivity contribution in [2.24, 2.45) is 0 Å². The second-order valence-electron chi connectivity index (χ2n) is 4.61. The van der Waals surface area contributed by atoms with Crippen LogP contribution in [0, 0.1) is 0 Å². The molecular weight excluding hydrogens is 278 g/mol. The van der Waals surface area contributed by atoms with Crippen LogP contribution in [0.4, 0.5) is 0 Å². The Balaban J connectivity index is 1.91. The first-order valence-corrected chi connectivity index (χ1v) is 7.23. The third-order valence-electron chi connectivity index (χ3n) is 2.82. The van der Waals surface area contributed by atoms with Crippen LogP contribution >= 0.6 is 11.3 Å². The molecule has 2 aromatic heterocycles. The summed E-state index contributed by atoms with van der Waals surface area (Å²) in [6.07, 6.45) is 0.132. The minimum Gasteiger partial charge on any atom is -0.393 e. The standard InChI is InChI=1S/C12H17N5O2S/c1-9(18)3-5-16(2)11(19)7-17-14-12(13-15-17)10-4-6-20-8-10/h4,6,8-9,18H,3,5,7H2,1-2H3. The summed E-state index contributed by atoms with van der Waals surface area (Å²) in [4.78, 5) is 14.8. The first kappa shape index (κ1) is 14.6. The van der Waals surface area contributed by atoms with Gasteiger partial charge in [-0.15, -0.1) is 10.2 Å². The van der Waals surface area contributed by atoms with Gasteiger partial charge in [0.15, 0.2) is 0 Å². The summed E-state index contributed by atoms with van der Waals surface area (Å²) in [6.45, 7) is 2.25. The van der Waals surface area contributed by atoms with E-state index in [1.165, 1.54) is 4.80 Å². The number of carbonyl (C=O) groups is 1. The molecule has 0 bridgehead atoms. The quantitative estimate of drug-likeness (QED) is 0.845. The Morgan fingerprint density at radius 2 is 2.40 bits per heavy atom. The summed E-state index contributed by atoms with van der Waals surface area (Å²) in [5.74, 6) is 0.408. The van der Waals surface area contributed by atoms with E-state index in [9.17, 15) is 9.90 Å². The van der Waals surface area contributed by atoms with Gasteiger partial charge in [-0.3, -0.25) is 4.79 Å². The first-order chi connectivity index (χ1) is 9.56. The number of rotatable bonds is 6. The highest BCUT2D eigenvalue weighted by molar-refractivity contribution is 7.08. The Labute approximate surface area is 120 Å². The van der Waals surface area contributed by atoms with Crippen molar-refractivity contribution in [2.45, 2.75) is 26.0 Å². The zero-order valence-corrected chi connectivity index (χ0v) is 12.2. The van der Waals surface area contributed by atoms with Gasteiger partial charge in [-0.1, -0.05) is 0 Å². The van der Waals surface area contributed by atoms with Gasteiger partial charge in [-0.2, -0.15) is 16.1 Å². The second kappa shape index (κ2) is 6.58. The molecule has 1 amide bonds. The van der Waals surface area contributed by atoms with E-state index in [4.69, 9.17) is 0 Å². The molecule has 20 heavy (non-hydrogen) atoms. The van der Waals surface area contributed by atoms with Crippen LogP contribution in [0.15, 0.2) is 16.8 Å². The van der Waals surface area contributed by atoms with Crippen LogP contribution in [0.25, 0.3) is 11.4 Å². The molecule has 2 aromatic rings. The van der Waals surface area contributed by atoms with E-state index in [0.29, 0.717) is 18.8 Å². The van der Waals surface area contributed by atoms with Crippen molar-refractivity contribution in [3.63, 3.8) is 0 Å². The highest BCUT2D eigenvalue weighted by atomic mass is 32.1. The lowest BCUT2D eigenvalue weighted by Gasteiger charge is -2.17. The fourth-order valence-corrected chi connectivity index (χ4v) is 2.20. The van der Waals surface area contributed by atoms with Crippen LogP contribution in [-0.4, -0.2) is 55.8 Å². The smallest absolute Gasteiger partial charge is 0.245 e. The lowest BCUT2D eigenvalue weighted by Crippen LogP contribution is -2.33. The van der Waals surface area contributed by atoms with Gasteiger partial charge in [-0.05, 0) is 30.0 Å². The maximum absolute atomic E-state index is 11.9. The average molecular weight is 295 g/mol. The molecule has 0 saturated heterocycles. The number of tetrazole rings is 1. The van der Waals surface area contributed by atoms with Crippen molar-refractivity contribution in [3.8, 4) is 11.4 Å². The predicted molar refractivity (Wildman–Crippen MR) is 75.1 cm³/mol. The number of thiophene rings is 1. The molecule has 0 fully saturated rings. The molecular formula is C12H17N5O2S. The molecule has 0 radical (unpaired) electrons. The summed E-state index contributed by atoms with van der Waals surface area (Å²) in [6, 6.07) is 1.91. The number of aliphatic hydroxyl groups excluding tert-OH is 1. The molecule has 7 nitrogen and oxygen atoms in total. The Kier molecular flexibility index (Phi) is 4.80. The summed E-state index contributed by atoms with van der Waals surface area (Å²) in [5, 5.41) is 25.0. The number of hydrogen-bond acceptors (Lipinski definition) is 6. The van der Waals surface area contributed by atoms with Crippen LogP contribution in [0.2, 0.25) is 0 Å². The van der Waals surface area contributed by atoms with Gasteiger partial charge in [0.2, 0.25) is 11.7 Å². The Bertz CT molecular complexity index is 552. The first-order valence-electron chi connectivity index (χ1n) is 6.28. The zero-order valence-electron chi connectivity index (χ0n) is 11.4. The molecule has 0 spiro atoms. The Morgan fingerprint density at radius 1 is 1.60 bits per heavy atom. The third-order valence-corrected chi connectivity index (χ3v) is 3.50. The Hall–Kier alpha value is -1.80. The van der Waals surface area contributed by atoms with Crippen molar-refractivity contribution >= 4 is 17.2 Å². The molecule has 108 valence electrons. The molecule has 1 unspecified atom stereocenters. The van der Waals surface area contributed by atoms with E-state index in [1.807, 2.05) is 16.8 Å². The van der Waals surface area contributed by atoms with Crippen LogP contribution < -0.4 is 0 Å². The van der Waals surface area contributed by atoms with Gasteiger partial charge in [0.1, 0.15) is 6.54 Å². The Morgan fingerprint density at radius 3 is 3.05 bits per heavy atom. The molecule has 0 aliphatic heterocycles. The monoisotopic (exact) mass is 295 g/mol. The predicted octanol–water partition coefficient (Wildman–Crippen LogP) is 0.631. The third kappa shape index (κ3) is 3.84. The molecule has 0 saturated carbocycles. The van der Waals surface area contributed by atoms with E-state index >= 15 is 0 Å². The number of aromatic nitrogens is 4. The van der Waals surface area contributed by atoms with E-state index in [-0.39, 0.29) is 12.5 Å². The van der Waals surface area contributed by atoms with Crippen LogP contribution in [0.3, 0.4) is 0 Å². The van der Waals surface area contributed by atoms with Gasteiger partial charge in [-0.25, -0.2) is 0 Å². The summed E-state index contributed by atoms with van der Waals surface area (Å²) in [7, 11) is 1.70. The molecule has 2 rings (SSSR count). The van der Waals surface area contributed by atoms with Crippen molar-refractivity contribution in [1.29, 1.82) is 0 Å². The molecule has 0 aliphatic carbocycles. The summed E-state index contributed by atoms with van der Waals surface area (Å²) in [5.41, 5.74) is 0.899. The molecule has 8 heteroatoms. The van der Waals surface area contributed by atoms with E-state index in [2.05, 4.69) is 15.4 Å².